The molecule has 146 valence electrons. The zero-order chi connectivity index (χ0) is 20.3. The van der Waals surface area contributed by atoms with E-state index in [-0.39, 0.29) is 12.2 Å². The van der Waals surface area contributed by atoms with E-state index in [1.807, 2.05) is 0 Å². The summed E-state index contributed by atoms with van der Waals surface area (Å²) in [5.74, 6) is -0.658. The Balaban J connectivity index is 1.74. The largest absolute Gasteiger partial charge is 0.446 e. The van der Waals surface area contributed by atoms with Crippen molar-refractivity contribution in [2.45, 2.75) is 26.9 Å². The summed E-state index contributed by atoms with van der Waals surface area (Å²) in [6, 6.07) is 11.4. The molecule has 2 amide bonds. The second-order valence-corrected chi connectivity index (χ2v) is 6.74. The molecule has 0 bridgehead atoms. The monoisotopic (exact) mass is 402 g/mol. The van der Waals surface area contributed by atoms with Gasteiger partial charge in [-0.2, -0.15) is 4.68 Å². The van der Waals surface area contributed by atoms with Crippen LogP contribution < -0.4 is 21.1 Å². The molecule has 9 heteroatoms. The predicted octanol–water partition coefficient (Wildman–Crippen LogP) is 4.22. The molecule has 0 saturated heterocycles. The molecule has 28 heavy (non-hydrogen) atoms. The molecule has 0 aliphatic carbocycles. The average Bonchev–Trinajstić information content (AvgIpc) is 2.96. The number of carbonyl (C=O) groups is 1. The number of anilines is 2. The maximum atomic E-state index is 12.2. The van der Waals surface area contributed by atoms with Gasteiger partial charge in [-0.15, -0.1) is 0 Å². The average molecular weight is 403 g/mol. The molecule has 2 aromatic carbocycles. The third-order valence-electron chi connectivity index (χ3n) is 3.65. The van der Waals surface area contributed by atoms with Crippen molar-refractivity contribution < 1.29 is 13.9 Å². The van der Waals surface area contributed by atoms with E-state index in [4.69, 9.17) is 20.8 Å². The molecule has 2 N–H and O–H groups in total. The van der Waals surface area contributed by atoms with E-state index in [1.165, 1.54) is 0 Å². The highest BCUT2D eigenvalue weighted by Crippen LogP contribution is 2.20. The van der Waals surface area contributed by atoms with Crippen LogP contribution in [0.3, 0.4) is 0 Å². The van der Waals surface area contributed by atoms with Crippen molar-refractivity contribution in [3.8, 4) is 11.8 Å². The van der Waals surface area contributed by atoms with Gasteiger partial charge in [0.05, 0.1) is 11.8 Å². The molecule has 0 unspecified atom stereocenters. The van der Waals surface area contributed by atoms with Crippen molar-refractivity contribution in [1.29, 1.82) is 0 Å². The van der Waals surface area contributed by atoms with E-state index in [9.17, 15) is 9.59 Å². The van der Waals surface area contributed by atoms with Gasteiger partial charge in [-0.3, -0.25) is 0 Å². The highest BCUT2D eigenvalue weighted by Gasteiger charge is 2.14. The van der Waals surface area contributed by atoms with E-state index in [1.54, 1.807) is 63.2 Å². The fourth-order valence-corrected chi connectivity index (χ4v) is 2.63. The Labute approximate surface area is 166 Å². The Hall–Kier alpha value is -3.26. The molecule has 0 aliphatic rings. The summed E-state index contributed by atoms with van der Waals surface area (Å²) in [6.07, 6.45) is -0.265. The van der Waals surface area contributed by atoms with Gasteiger partial charge in [0, 0.05) is 16.4 Å². The Morgan fingerprint density at radius 3 is 2.68 bits per heavy atom. The van der Waals surface area contributed by atoms with Crippen LogP contribution in [0.2, 0.25) is 5.02 Å². The Bertz CT molecular complexity index is 1060. The van der Waals surface area contributed by atoms with Crippen LogP contribution in [-0.4, -0.2) is 21.9 Å². The molecule has 0 spiro atoms. The molecular weight excluding hydrogens is 384 g/mol. The second kappa shape index (κ2) is 8.18. The van der Waals surface area contributed by atoms with Crippen LogP contribution in [0.25, 0.3) is 5.69 Å². The SMILES string of the molecule is Cc1cc(-n2nc(OC(C)C)oc2=O)ccc1NC(=O)Nc1cccc(Cl)c1. The predicted molar refractivity (Wildman–Crippen MR) is 107 cm³/mol. The number of amides is 2. The van der Waals surface area contributed by atoms with Crippen LogP contribution in [0.5, 0.6) is 6.08 Å². The topological polar surface area (TPSA) is 98.4 Å². The maximum Gasteiger partial charge on any atom is 0.444 e. The first-order valence-electron chi connectivity index (χ1n) is 8.53. The number of carbonyl (C=O) groups excluding carboxylic acids is 1. The number of nitrogens with one attached hydrogen (secondary N) is 2. The molecule has 0 radical (unpaired) electrons. The summed E-state index contributed by atoms with van der Waals surface area (Å²) in [5.41, 5.74) is 2.38. The number of benzene rings is 2. The number of aryl methyl sites for hydroxylation is 1. The molecule has 8 nitrogen and oxygen atoms in total. The number of ether oxygens (including phenoxy) is 1. The van der Waals surface area contributed by atoms with Crippen LogP contribution in [0.15, 0.2) is 51.7 Å². The van der Waals surface area contributed by atoms with Crippen LogP contribution in [0.4, 0.5) is 16.2 Å². The van der Waals surface area contributed by atoms with Crippen LogP contribution in [-0.2, 0) is 0 Å². The maximum absolute atomic E-state index is 12.2. The van der Waals surface area contributed by atoms with Crippen LogP contribution in [0, 0.1) is 6.92 Å². The summed E-state index contributed by atoms with van der Waals surface area (Å²) in [4.78, 5) is 24.2. The summed E-state index contributed by atoms with van der Waals surface area (Å²) >= 11 is 5.91. The van der Waals surface area contributed by atoms with Gasteiger partial charge in [-0.25, -0.2) is 9.59 Å². The molecule has 0 aliphatic heterocycles. The third kappa shape index (κ3) is 4.72. The van der Waals surface area contributed by atoms with Gasteiger partial charge in [0.25, 0.3) is 0 Å². The first-order valence-corrected chi connectivity index (χ1v) is 8.91. The van der Waals surface area contributed by atoms with Crippen molar-refractivity contribution in [2.24, 2.45) is 0 Å². The molecule has 3 rings (SSSR count). The van der Waals surface area contributed by atoms with Crippen molar-refractivity contribution in [2.75, 3.05) is 10.6 Å². The van der Waals surface area contributed by atoms with E-state index in [2.05, 4.69) is 15.7 Å². The van der Waals surface area contributed by atoms with Crippen LogP contribution in [0.1, 0.15) is 19.4 Å². The molecule has 0 atom stereocenters. The first kappa shape index (κ1) is 19.5. The molecule has 0 saturated carbocycles. The fraction of sp³-hybridized carbons (Fsp3) is 0.211. The van der Waals surface area contributed by atoms with Gasteiger partial charge in [-0.1, -0.05) is 22.8 Å². The summed E-state index contributed by atoms with van der Waals surface area (Å²) < 4.78 is 11.4. The number of urea groups is 1. The lowest BCUT2D eigenvalue weighted by molar-refractivity contribution is 0.172. The molecule has 1 heterocycles. The number of aromatic nitrogens is 2. The normalized spacial score (nSPS) is 10.8. The summed E-state index contributed by atoms with van der Waals surface area (Å²) in [6.45, 7) is 5.41. The van der Waals surface area contributed by atoms with Crippen molar-refractivity contribution in [3.05, 3.63) is 63.6 Å². The van der Waals surface area contributed by atoms with Gasteiger partial charge < -0.3 is 19.8 Å². The summed E-state index contributed by atoms with van der Waals surface area (Å²) in [5, 5.41) is 10.00. The fourth-order valence-electron chi connectivity index (χ4n) is 2.44. The zero-order valence-electron chi connectivity index (χ0n) is 15.5. The number of rotatable bonds is 5. The number of hydrogen-bond acceptors (Lipinski definition) is 5. The van der Waals surface area contributed by atoms with Gasteiger partial charge in [0.15, 0.2) is 0 Å². The Morgan fingerprint density at radius 1 is 1.21 bits per heavy atom. The van der Waals surface area contributed by atoms with E-state index < -0.39 is 11.8 Å². The Kier molecular flexibility index (Phi) is 5.70. The summed E-state index contributed by atoms with van der Waals surface area (Å²) in [7, 11) is 0. The van der Waals surface area contributed by atoms with E-state index in [0.29, 0.717) is 22.1 Å². The number of nitrogens with zero attached hydrogens (tertiary/aromatic N) is 2. The van der Waals surface area contributed by atoms with Gasteiger partial charge >= 0.3 is 17.9 Å². The minimum absolute atomic E-state index is 0.0965. The van der Waals surface area contributed by atoms with Crippen molar-refractivity contribution in [1.82, 2.24) is 9.78 Å². The minimum atomic E-state index is -0.658. The highest BCUT2D eigenvalue weighted by atomic mass is 35.5. The smallest absolute Gasteiger partial charge is 0.444 e. The zero-order valence-corrected chi connectivity index (χ0v) is 16.3. The van der Waals surface area contributed by atoms with Gasteiger partial charge in [-0.05, 0) is 62.7 Å². The lowest BCUT2D eigenvalue weighted by Gasteiger charge is -2.11. The number of halogens is 1. The third-order valence-corrected chi connectivity index (χ3v) is 3.89. The first-order chi connectivity index (χ1) is 13.3. The van der Waals surface area contributed by atoms with E-state index in [0.717, 1.165) is 10.2 Å². The minimum Gasteiger partial charge on any atom is -0.446 e. The Morgan fingerprint density at radius 2 is 2.00 bits per heavy atom. The van der Waals surface area contributed by atoms with Crippen molar-refractivity contribution >= 4 is 29.0 Å². The quantitative estimate of drug-likeness (QED) is 0.665. The molecular formula is C19H19ClN4O4. The van der Waals surface area contributed by atoms with E-state index >= 15 is 0 Å². The van der Waals surface area contributed by atoms with Crippen molar-refractivity contribution in [3.63, 3.8) is 0 Å². The van der Waals surface area contributed by atoms with Crippen LogP contribution >= 0.6 is 11.6 Å². The standard InChI is InChI=1S/C19H19ClN4O4/c1-11(2)27-18-23-24(19(26)28-18)15-7-8-16(12(3)9-15)22-17(25)21-14-6-4-5-13(20)10-14/h4-11H,1-3H3,(H2,21,22,25). The molecule has 1 aromatic heterocycles. The molecule has 3 aromatic rings. The van der Waals surface area contributed by atoms with Gasteiger partial charge in [0.1, 0.15) is 0 Å². The lowest BCUT2D eigenvalue weighted by Crippen LogP contribution is -2.20. The van der Waals surface area contributed by atoms with Gasteiger partial charge in [0.2, 0.25) is 0 Å². The lowest BCUT2D eigenvalue weighted by atomic mass is 10.2. The molecule has 0 fully saturated rings. The number of hydrogen-bond donors (Lipinski definition) is 2. The second-order valence-electron chi connectivity index (χ2n) is 6.30. The highest BCUT2D eigenvalue weighted by molar-refractivity contribution is 6.30.